The SMILES string of the molecule is CN(CC(=O)C(Cc1ccccc1)NC(=O)c1ccccc1)Cc1ccccc1. The Morgan fingerprint density at radius 2 is 1.31 bits per heavy atom. The first-order valence-electron chi connectivity index (χ1n) is 9.77. The molecule has 3 aromatic carbocycles. The number of rotatable bonds is 9. The van der Waals surface area contributed by atoms with Crippen molar-refractivity contribution in [1.82, 2.24) is 10.2 Å². The van der Waals surface area contributed by atoms with Gasteiger partial charge in [0, 0.05) is 12.1 Å². The number of nitrogens with one attached hydrogen (secondary N) is 1. The Kier molecular flexibility index (Phi) is 7.31. The molecule has 0 aliphatic carbocycles. The third-order valence-electron chi connectivity index (χ3n) is 4.73. The molecule has 1 N–H and O–H groups in total. The predicted octanol–water partition coefficient (Wildman–Crippen LogP) is 3.73. The molecule has 29 heavy (non-hydrogen) atoms. The topological polar surface area (TPSA) is 49.4 Å². The summed E-state index contributed by atoms with van der Waals surface area (Å²) in [5, 5.41) is 2.94. The standard InChI is InChI=1S/C25H26N2O2/c1-27(18-21-13-7-3-8-14-21)19-24(28)23(17-20-11-5-2-6-12-20)26-25(29)22-15-9-4-10-16-22/h2-16,23H,17-19H2,1H3,(H,26,29). The number of ketones is 1. The minimum Gasteiger partial charge on any atom is -0.342 e. The summed E-state index contributed by atoms with van der Waals surface area (Å²) in [4.78, 5) is 27.7. The first-order chi connectivity index (χ1) is 14.1. The molecule has 0 spiro atoms. The number of nitrogens with zero attached hydrogens (tertiary/aromatic N) is 1. The van der Waals surface area contributed by atoms with Crippen molar-refractivity contribution in [3.8, 4) is 0 Å². The average Bonchev–Trinajstić information content (AvgIpc) is 2.75. The van der Waals surface area contributed by atoms with Crippen LogP contribution in [0.4, 0.5) is 0 Å². The number of Topliss-reactive ketones (excluding diaryl/α,β-unsaturated/α-hetero) is 1. The zero-order valence-corrected chi connectivity index (χ0v) is 16.6. The number of carbonyl (C=O) groups excluding carboxylic acids is 2. The van der Waals surface area contributed by atoms with Gasteiger partial charge in [0.25, 0.3) is 5.91 Å². The number of likely N-dealkylation sites (N-methyl/N-ethyl adjacent to an activating group) is 1. The highest BCUT2D eigenvalue weighted by molar-refractivity contribution is 5.98. The summed E-state index contributed by atoms with van der Waals surface area (Å²) in [7, 11) is 1.92. The van der Waals surface area contributed by atoms with E-state index in [0.29, 0.717) is 18.5 Å². The van der Waals surface area contributed by atoms with Gasteiger partial charge in [-0.1, -0.05) is 78.9 Å². The van der Waals surface area contributed by atoms with Crippen molar-refractivity contribution in [2.24, 2.45) is 0 Å². The fourth-order valence-electron chi connectivity index (χ4n) is 3.25. The second-order valence-electron chi connectivity index (χ2n) is 7.21. The van der Waals surface area contributed by atoms with E-state index >= 15 is 0 Å². The molecule has 0 aliphatic rings. The molecular formula is C25H26N2O2. The van der Waals surface area contributed by atoms with E-state index in [1.165, 1.54) is 0 Å². The number of hydrogen-bond acceptors (Lipinski definition) is 3. The van der Waals surface area contributed by atoms with E-state index in [2.05, 4.69) is 5.32 Å². The lowest BCUT2D eigenvalue weighted by Crippen LogP contribution is -2.46. The molecule has 0 saturated heterocycles. The summed E-state index contributed by atoms with van der Waals surface area (Å²) in [6.45, 7) is 0.943. The van der Waals surface area contributed by atoms with Crippen LogP contribution in [0.25, 0.3) is 0 Å². The molecule has 4 nitrogen and oxygen atoms in total. The van der Waals surface area contributed by atoms with Crippen molar-refractivity contribution in [2.75, 3.05) is 13.6 Å². The van der Waals surface area contributed by atoms with Crippen LogP contribution in [0.15, 0.2) is 91.0 Å². The molecule has 0 bridgehead atoms. The minimum absolute atomic E-state index is 0.00318. The van der Waals surface area contributed by atoms with Gasteiger partial charge in [0.1, 0.15) is 0 Å². The summed E-state index contributed by atoms with van der Waals surface area (Å²) in [6, 6.07) is 28.2. The van der Waals surface area contributed by atoms with Crippen molar-refractivity contribution < 1.29 is 9.59 Å². The first-order valence-corrected chi connectivity index (χ1v) is 9.77. The number of amides is 1. The summed E-state index contributed by atoms with van der Waals surface area (Å²) in [5.74, 6) is -0.234. The Morgan fingerprint density at radius 1 is 0.793 bits per heavy atom. The van der Waals surface area contributed by atoms with Crippen LogP contribution in [0.3, 0.4) is 0 Å². The molecule has 0 aliphatic heterocycles. The molecule has 3 aromatic rings. The lowest BCUT2D eigenvalue weighted by molar-refractivity contribution is -0.121. The fraction of sp³-hybridized carbons (Fsp3) is 0.200. The molecule has 1 atom stereocenters. The zero-order chi connectivity index (χ0) is 20.5. The maximum Gasteiger partial charge on any atom is 0.251 e. The summed E-state index contributed by atoms with van der Waals surface area (Å²) >= 11 is 0. The van der Waals surface area contributed by atoms with Crippen molar-refractivity contribution in [3.63, 3.8) is 0 Å². The van der Waals surface area contributed by atoms with Gasteiger partial charge in [-0.25, -0.2) is 0 Å². The number of benzene rings is 3. The van der Waals surface area contributed by atoms with Gasteiger partial charge in [-0.3, -0.25) is 14.5 Å². The highest BCUT2D eigenvalue weighted by Crippen LogP contribution is 2.08. The van der Waals surface area contributed by atoms with E-state index in [0.717, 1.165) is 11.1 Å². The predicted molar refractivity (Wildman–Crippen MR) is 116 cm³/mol. The fourth-order valence-corrected chi connectivity index (χ4v) is 3.25. The highest BCUT2D eigenvalue weighted by Gasteiger charge is 2.23. The maximum absolute atomic E-state index is 13.1. The molecular weight excluding hydrogens is 360 g/mol. The molecule has 148 valence electrons. The maximum atomic E-state index is 13.1. The summed E-state index contributed by atoms with van der Waals surface area (Å²) < 4.78 is 0. The Hall–Kier alpha value is -3.24. The van der Waals surface area contributed by atoms with Crippen LogP contribution in [-0.4, -0.2) is 36.2 Å². The van der Waals surface area contributed by atoms with E-state index in [1.54, 1.807) is 12.1 Å². The van der Waals surface area contributed by atoms with Gasteiger partial charge in [-0.2, -0.15) is 0 Å². The van der Waals surface area contributed by atoms with Crippen LogP contribution in [0.5, 0.6) is 0 Å². The van der Waals surface area contributed by atoms with Crippen molar-refractivity contribution >= 4 is 11.7 Å². The number of hydrogen-bond donors (Lipinski definition) is 1. The van der Waals surface area contributed by atoms with Gasteiger partial charge in [-0.05, 0) is 36.7 Å². The normalized spacial score (nSPS) is 11.8. The quantitative estimate of drug-likeness (QED) is 0.610. The highest BCUT2D eigenvalue weighted by atomic mass is 16.2. The van der Waals surface area contributed by atoms with Crippen LogP contribution in [0.2, 0.25) is 0 Å². The molecule has 0 aromatic heterocycles. The summed E-state index contributed by atoms with van der Waals surface area (Å²) in [6.07, 6.45) is 0.470. The molecule has 1 amide bonds. The van der Waals surface area contributed by atoms with E-state index in [4.69, 9.17) is 0 Å². The molecule has 0 saturated carbocycles. The Balaban J connectivity index is 1.69. The van der Waals surface area contributed by atoms with Crippen molar-refractivity contribution in [2.45, 2.75) is 19.0 Å². The van der Waals surface area contributed by atoms with Gasteiger partial charge in [0.05, 0.1) is 12.6 Å². The van der Waals surface area contributed by atoms with Crippen LogP contribution in [0, 0.1) is 0 Å². The van der Waals surface area contributed by atoms with Crippen LogP contribution in [-0.2, 0) is 17.8 Å². The van der Waals surface area contributed by atoms with Crippen LogP contribution < -0.4 is 5.32 Å². The van der Waals surface area contributed by atoms with Gasteiger partial charge in [0.2, 0.25) is 0 Å². The van der Waals surface area contributed by atoms with E-state index in [9.17, 15) is 9.59 Å². The molecule has 0 heterocycles. The monoisotopic (exact) mass is 386 g/mol. The Bertz CT molecular complexity index is 911. The number of carbonyl (C=O) groups is 2. The lowest BCUT2D eigenvalue weighted by atomic mass is 10.0. The smallest absolute Gasteiger partial charge is 0.251 e. The van der Waals surface area contributed by atoms with Crippen molar-refractivity contribution in [3.05, 3.63) is 108 Å². The zero-order valence-electron chi connectivity index (χ0n) is 16.6. The molecule has 3 rings (SSSR count). The van der Waals surface area contributed by atoms with Gasteiger partial charge in [-0.15, -0.1) is 0 Å². The molecule has 1 unspecified atom stereocenters. The first kappa shape index (κ1) is 20.5. The van der Waals surface area contributed by atoms with Gasteiger partial charge >= 0.3 is 0 Å². The largest absolute Gasteiger partial charge is 0.342 e. The van der Waals surface area contributed by atoms with E-state index in [1.807, 2.05) is 90.8 Å². The van der Waals surface area contributed by atoms with E-state index in [-0.39, 0.29) is 18.2 Å². The molecule has 4 heteroatoms. The Morgan fingerprint density at radius 3 is 1.90 bits per heavy atom. The van der Waals surface area contributed by atoms with E-state index < -0.39 is 6.04 Å². The molecule has 0 fully saturated rings. The third kappa shape index (κ3) is 6.40. The minimum atomic E-state index is -0.580. The Labute approximate surface area is 172 Å². The second kappa shape index (κ2) is 10.3. The van der Waals surface area contributed by atoms with Gasteiger partial charge in [0.15, 0.2) is 5.78 Å². The summed E-state index contributed by atoms with van der Waals surface area (Å²) in [5.41, 5.74) is 2.72. The van der Waals surface area contributed by atoms with Crippen LogP contribution in [0.1, 0.15) is 21.5 Å². The third-order valence-corrected chi connectivity index (χ3v) is 4.73. The average molecular weight is 386 g/mol. The van der Waals surface area contributed by atoms with Crippen molar-refractivity contribution in [1.29, 1.82) is 0 Å². The molecule has 0 radical (unpaired) electrons. The van der Waals surface area contributed by atoms with Crippen LogP contribution >= 0.6 is 0 Å². The van der Waals surface area contributed by atoms with Gasteiger partial charge < -0.3 is 5.32 Å². The lowest BCUT2D eigenvalue weighted by Gasteiger charge is -2.22. The second-order valence-corrected chi connectivity index (χ2v) is 7.21.